The van der Waals surface area contributed by atoms with Gasteiger partial charge >= 0.3 is 12.1 Å². The van der Waals surface area contributed by atoms with Crippen LogP contribution in [0.4, 0.5) is 4.79 Å². The smallest absolute Gasteiger partial charge is 0.411 e. The number of hydrogen-bond acceptors (Lipinski definition) is 4. The Kier molecular flexibility index (Phi) is 3.98. The molecule has 0 aliphatic carbocycles. The Morgan fingerprint density at radius 2 is 1.88 bits per heavy atom. The topological polar surface area (TPSA) is 87.1 Å². The molecule has 0 bridgehead atoms. The summed E-state index contributed by atoms with van der Waals surface area (Å²) in [4.78, 5) is 23.9. The van der Waals surface area contributed by atoms with Gasteiger partial charge < -0.3 is 14.9 Å². The van der Waals surface area contributed by atoms with Gasteiger partial charge in [-0.25, -0.2) is 9.59 Å². The number of carboxylic acids is 1. The minimum Gasteiger partial charge on any atom is -0.480 e. The van der Waals surface area contributed by atoms with Crippen LogP contribution in [-0.2, 0) is 9.53 Å². The number of rotatable bonds is 1. The van der Waals surface area contributed by atoms with Crippen LogP contribution in [0.3, 0.4) is 0 Å². The van der Waals surface area contributed by atoms with Crippen molar-refractivity contribution in [3.63, 3.8) is 0 Å². The molecule has 2 N–H and O–H groups in total. The molecule has 0 unspecified atom stereocenters. The summed E-state index contributed by atoms with van der Waals surface area (Å²) in [5.74, 6) is -1.07. The molecule has 0 aromatic carbocycles. The van der Waals surface area contributed by atoms with Crippen molar-refractivity contribution in [1.29, 1.82) is 0 Å². The summed E-state index contributed by atoms with van der Waals surface area (Å²) in [6.07, 6.45) is -0.742. The number of β-amino-alcohol motifs (C(OH)–C–C–N with tert-alkyl or cyclic N) is 1. The highest BCUT2D eigenvalue weighted by molar-refractivity contribution is 5.80. The van der Waals surface area contributed by atoms with E-state index in [9.17, 15) is 14.7 Å². The van der Waals surface area contributed by atoms with Crippen LogP contribution >= 0.6 is 0 Å². The van der Waals surface area contributed by atoms with Gasteiger partial charge in [0.15, 0.2) is 0 Å². The van der Waals surface area contributed by atoms with Crippen LogP contribution < -0.4 is 0 Å². The number of piperidine rings is 1. The molecule has 0 aromatic heterocycles. The molecule has 0 radical (unpaired) electrons. The summed E-state index contributed by atoms with van der Waals surface area (Å²) in [6, 6.07) is -0.909. The van der Waals surface area contributed by atoms with Gasteiger partial charge in [-0.05, 0) is 33.6 Å². The Labute approximate surface area is 100 Å². The number of aliphatic hydroxyl groups is 1. The summed E-state index contributed by atoms with van der Waals surface area (Å²) in [7, 11) is 0. The maximum Gasteiger partial charge on any atom is 0.411 e. The fourth-order valence-electron chi connectivity index (χ4n) is 1.73. The molecular formula is C11H19NO5. The van der Waals surface area contributed by atoms with E-state index in [4.69, 9.17) is 9.84 Å². The van der Waals surface area contributed by atoms with Crippen molar-refractivity contribution in [3.05, 3.63) is 0 Å². The van der Waals surface area contributed by atoms with Gasteiger partial charge in [0, 0.05) is 0 Å². The zero-order chi connectivity index (χ0) is 13.2. The number of hydrogen-bond donors (Lipinski definition) is 2. The lowest BCUT2D eigenvalue weighted by atomic mass is 10.0. The van der Waals surface area contributed by atoms with E-state index in [1.165, 1.54) is 0 Å². The molecule has 17 heavy (non-hydrogen) atoms. The Hall–Kier alpha value is -1.30. The lowest BCUT2D eigenvalue weighted by Gasteiger charge is -2.36. The molecule has 1 rings (SSSR count). The molecule has 1 aliphatic rings. The SMILES string of the molecule is CC(C)(C)OC(=O)N1C[C@H](O)CC[C@@H]1C(=O)O. The van der Waals surface area contributed by atoms with E-state index < -0.39 is 29.8 Å². The number of carbonyl (C=O) groups is 2. The number of aliphatic hydroxyl groups excluding tert-OH is 1. The molecule has 98 valence electrons. The largest absolute Gasteiger partial charge is 0.480 e. The number of nitrogens with zero attached hydrogens (tertiary/aromatic N) is 1. The van der Waals surface area contributed by atoms with Crippen LogP contribution in [0, 0.1) is 0 Å². The second-order valence-electron chi connectivity index (χ2n) is 5.22. The van der Waals surface area contributed by atoms with E-state index in [0.717, 1.165) is 4.90 Å². The summed E-state index contributed by atoms with van der Waals surface area (Å²) in [5.41, 5.74) is -0.678. The average Bonchev–Trinajstić information content (AvgIpc) is 2.14. The van der Waals surface area contributed by atoms with Crippen molar-refractivity contribution in [2.24, 2.45) is 0 Å². The zero-order valence-corrected chi connectivity index (χ0v) is 10.3. The van der Waals surface area contributed by atoms with Crippen LogP contribution in [-0.4, -0.2) is 51.5 Å². The number of carboxylic acid groups (broad SMARTS) is 1. The third-order valence-electron chi connectivity index (χ3n) is 2.47. The molecule has 0 spiro atoms. The highest BCUT2D eigenvalue weighted by Gasteiger charge is 2.37. The number of carbonyl (C=O) groups excluding carboxylic acids is 1. The maximum absolute atomic E-state index is 11.8. The van der Waals surface area contributed by atoms with Crippen molar-refractivity contribution in [2.45, 2.75) is 51.4 Å². The van der Waals surface area contributed by atoms with Gasteiger partial charge in [-0.1, -0.05) is 0 Å². The van der Waals surface area contributed by atoms with Crippen LogP contribution in [0.15, 0.2) is 0 Å². The van der Waals surface area contributed by atoms with Crippen molar-refractivity contribution >= 4 is 12.1 Å². The fourth-order valence-corrected chi connectivity index (χ4v) is 1.73. The quantitative estimate of drug-likeness (QED) is 0.714. The first-order valence-corrected chi connectivity index (χ1v) is 5.61. The fraction of sp³-hybridized carbons (Fsp3) is 0.818. The molecule has 1 amide bonds. The van der Waals surface area contributed by atoms with Gasteiger partial charge in [-0.2, -0.15) is 0 Å². The van der Waals surface area contributed by atoms with Crippen LogP contribution in [0.25, 0.3) is 0 Å². The molecule has 1 saturated heterocycles. The number of ether oxygens (including phenoxy) is 1. The lowest BCUT2D eigenvalue weighted by molar-refractivity contribution is -0.145. The molecule has 1 fully saturated rings. The summed E-state index contributed by atoms with van der Waals surface area (Å²) in [6.45, 7) is 5.13. The first-order chi connectivity index (χ1) is 7.70. The minimum absolute atomic E-state index is 0.00583. The maximum atomic E-state index is 11.8. The van der Waals surface area contributed by atoms with Gasteiger partial charge in [0.25, 0.3) is 0 Å². The van der Waals surface area contributed by atoms with Gasteiger partial charge in [0.1, 0.15) is 11.6 Å². The minimum atomic E-state index is -1.07. The summed E-state index contributed by atoms with van der Waals surface area (Å²) < 4.78 is 5.12. The van der Waals surface area contributed by atoms with Crippen molar-refractivity contribution < 1.29 is 24.5 Å². The molecule has 6 heteroatoms. The van der Waals surface area contributed by atoms with E-state index in [1.54, 1.807) is 20.8 Å². The average molecular weight is 245 g/mol. The first-order valence-electron chi connectivity index (χ1n) is 5.61. The van der Waals surface area contributed by atoms with E-state index >= 15 is 0 Å². The third kappa shape index (κ3) is 3.89. The van der Waals surface area contributed by atoms with Gasteiger partial charge in [0.05, 0.1) is 12.6 Å². The van der Waals surface area contributed by atoms with E-state index in [-0.39, 0.29) is 13.0 Å². The van der Waals surface area contributed by atoms with Crippen LogP contribution in [0.2, 0.25) is 0 Å². The molecule has 0 saturated carbocycles. The monoisotopic (exact) mass is 245 g/mol. The van der Waals surface area contributed by atoms with Crippen molar-refractivity contribution in [1.82, 2.24) is 4.90 Å². The van der Waals surface area contributed by atoms with E-state index in [0.29, 0.717) is 6.42 Å². The predicted molar refractivity (Wildman–Crippen MR) is 59.6 cm³/mol. The highest BCUT2D eigenvalue weighted by atomic mass is 16.6. The summed E-state index contributed by atoms with van der Waals surface area (Å²) >= 11 is 0. The Bertz CT molecular complexity index is 309. The van der Waals surface area contributed by atoms with E-state index in [1.807, 2.05) is 0 Å². The van der Waals surface area contributed by atoms with Gasteiger partial charge in [-0.3, -0.25) is 4.90 Å². The van der Waals surface area contributed by atoms with Gasteiger partial charge in [-0.15, -0.1) is 0 Å². The van der Waals surface area contributed by atoms with Crippen LogP contribution in [0.5, 0.6) is 0 Å². The Balaban J connectivity index is 2.75. The van der Waals surface area contributed by atoms with Crippen molar-refractivity contribution in [2.75, 3.05) is 6.54 Å². The third-order valence-corrected chi connectivity index (χ3v) is 2.47. The standard InChI is InChI=1S/C11H19NO5/c1-11(2,3)17-10(16)12-6-7(13)4-5-8(12)9(14)15/h7-8,13H,4-6H2,1-3H3,(H,14,15)/t7-,8-/m1/s1. The molecule has 0 aromatic rings. The second-order valence-corrected chi connectivity index (χ2v) is 5.22. The zero-order valence-electron chi connectivity index (χ0n) is 10.3. The van der Waals surface area contributed by atoms with E-state index in [2.05, 4.69) is 0 Å². The molecular weight excluding hydrogens is 226 g/mol. The summed E-state index contributed by atoms with van der Waals surface area (Å²) in [5, 5.41) is 18.5. The first kappa shape index (κ1) is 13.8. The highest BCUT2D eigenvalue weighted by Crippen LogP contribution is 2.20. The number of amides is 1. The second kappa shape index (κ2) is 4.91. The van der Waals surface area contributed by atoms with Gasteiger partial charge in [0.2, 0.25) is 0 Å². The number of aliphatic carboxylic acids is 1. The normalized spacial score (nSPS) is 25.5. The van der Waals surface area contributed by atoms with Crippen molar-refractivity contribution in [3.8, 4) is 0 Å². The number of likely N-dealkylation sites (tertiary alicyclic amines) is 1. The predicted octanol–water partition coefficient (Wildman–Crippen LogP) is 0.831. The van der Waals surface area contributed by atoms with Crippen LogP contribution in [0.1, 0.15) is 33.6 Å². The lowest BCUT2D eigenvalue weighted by Crippen LogP contribution is -2.53. The molecule has 1 heterocycles. The molecule has 2 atom stereocenters. The Morgan fingerprint density at radius 1 is 1.29 bits per heavy atom. The Morgan fingerprint density at radius 3 is 2.35 bits per heavy atom. The molecule has 1 aliphatic heterocycles. The molecule has 6 nitrogen and oxygen atoms in total.